The first-order chi connectivity index (χ1) is 8.80. The summed E-state index contributed by atoms with van der Waals surface area (Å²) in [6, 6.07) is 0.978. The zero-order chi connectivity index (χ0) is 14.5. The number of halogens is 3. The molecule has 1 heterocycles. The maximum absolute atomic E-state index is 12.3. The molecule has 1 aromatic rings. The minimum Gasteiger partial charge on any atom is -0.394 e. The molecular formula is C12H20F3N3O. The fraction of sp³-hybridized carbons (Fsp3) is 0.750. The van der Waals surface area contributed by atoms with Gasteiger partial charge < -0.3 is 10.4 Å². The molecule has 0 aliphatic carbocycles. The lowest BCUT2D eigenvalue weighted by Gasteiger charge is -2.26. The maximum atomic E-state index is 12.3. The quantitative estimate of drug-likeness (QED) is 0.751. The molecule has 7 heteroatoms. The standard InChI is InChI=1S/C12H20F3N3O/c1-11(9-19,16-2)6-3-4-7-18-8-5-10(17-18)12(13,14)15/h5,8,16,19H,3-4,6-7,9H2,1-2H3. The van der Waals surface area contributed by atoms with Crippen molar-refractivity contribution in [3.05, 3.63) is 18.0 Å². The highest BCUT2D eigenvalue weighted by Gasteiger charge is 2.33. The van der Waals surface area contributed by atoms with Gasteiger partial charge >= 0.3 is 6.18 Å². The van der Waals surface area contributed by atoms with Crippen molar-refractivity contribution in [3.8, 4) is 0 Å². The van der Waals surface area contributed by atoms with Crippen molar-refractivity contribution in [3.63, 3.8) is 0 Å². The van der Waals surface area contributed by atoms with Crippen LogP contribution in [0.1, 0.15) is 31.9 Å². The predicted octanol–water partition coefficient (Wildman–Crippen LogP) is 2.04. The van der Waals surface area contributed by atoms with E-state index in [9.17, 15) is 18.3 Å². The summed E-state index contributed by atoms with van der Waals surface area (Å²) in [5.41, 5.74) is -1.19. The Morgan fingerprint density at radius 3 is 2.53 bits per heavy atom. The first-order valence-corrected chi connectivity index (χ1v) is 6.21. The van der Waals surface area contributed by atoms with Crippen molar-refractivity contribution in [2.75, 3.05) is 13.7 Å². The van der Waals surface area contributed by atoms with E-state index < -0.39 is 11.9 Å². The molecular weight excluding hydrogens is 259 g/mol. The summed E-state index contributed by atoms with van der Waals surface area (Å²) in [4.78, 5) is 0. The minimum atomic E-state index is -4.38. The highest BCUT2D eigenvalue weighted by Crippen LogP contribution is 2.27. The number of aromatic nitrogens is 2. The number of aliphatic hydroxyl groups is 1. The molecule has 0 spiro atoms. The molecule has 19 heavy (non-hydrogen) atoms. The van der Waals surface area contributed by atoms with Gasteiger partial charge in [-0.2, -0.15) is 18.3 Å². The van der Waals surface area contributed by atoms with Crippen LogP contribution in [0.4, 0.5) is 13.2 Å². The normalized spacial score (nSPS) is 15.5. The van der Waals surface area contributed by atoms with Gasteiger partial charge in [0, 0.05) is 18.3 Å². The lowest BCUT2D eigenvalue weighted by Crippen LogP contribution is -2.43. The number of aliphatic hydroxyl groups excluding tert-OH is 1. The van der Waals surface area contributed by atoms with Crippen LogP contribution >= 0.6 is 0 Å². The van der Waals surface area contributed by atoms with E-state index in [0.29, 0.717) is 6.54 Å². The number of hydrogen-bond donors (Lipinski definition) is 2. The topological polar surface area (TPSA) is 50.1 Å². The van der Waals surface area contributed by atoms with Crippen LogP contribution < -0.4 is 5.32 Å². The molecule has 1 atom stereocenters. The fourth-order valence-electron chi connectivity index (χ4n) is 1.71. The lowest BCUT2D eigenvalue weighted by molar-refractivity contribution is -0.141. The molecule has 0 aromatic carbocycles. The Morgan fingerprint density at radius 1 is 1.37 bits per heavy atom. The van der Waals surface area contributed by atoms with Gasteiger partial charge in [0.05, 0.1) is 6.61 Å². The molecule has 0 radical (unpaired) electrons. The number of hydrogen-bond acceptors (Lipinski definition) is 3. The number of alkyl halides is 3. The number of rotatable bonds is 7. The van der Waals surface area contributed by atoms with Crippen LogP contribution in [0.5, 0.6) is 0 Å². The van der Waals surface area contributed by atoms with Gasteiger partial charge in [0.1, 0.15) is 0 Å². The molecule has 4 nitrogen and oxygen atoms in total. The van der Waals surface area contributed by atoms with E-state index in [0.717, 1.165) is 25.3 Å². The van der Waals surface area contributed by atoms with E-state index in [1.165, 1.54) is 10.9 Å². The summed E-state index contributed by atoms with van der Waals surface area (Å²) < 4.78 is 38.3. The monoisotopic (exact) mass is 279 g/mol. The molecule has 0 aliphatic rings. The predicted molar refractivity (Wildman–Crippen MR) is 65.6 cm³/mol. The summed E-state index contributed by atoms with van der Waals surface area (Å²) in [5, 5.41) is 15.7. The molecule has 0 fully saturated rings. The molecule has 0 aliphatic heterocycles. The third-order valence-electron chi connectivity index (χ3n) is 3.25. The Kier molecular flexibility index (Phi) is 5.37. The molecule has 0 amide bonds. The van der Waals surface area contributed by atoms with E-state index in [2.05, 4.69) is 10.4 Å². The molecule has 2 N–H and O–H groups in total. The van der Waals surface area contributed by atoms with E-state index in [1.807, 2.05) is 6.92 Å². The highest BCUT2D eigenvalue weighted by atomic mass is 19.4. The van der Waals surface area contributed by atoms with Crippen LogP contribution in [-0.2, 0) is 12.7 Å². The van der Waals surface area contributed by atoms with E-state index in [-0.39, 0.29) is 12.1 Å². The van der Waals surface area contributed by atoms with Crippen molar-refractivity contribution < 1.29 is 18.3 Å². The van der Waals surface area contributed by atoms with Gasteiger partial charge in [-0.3, -0.25) is 4.68 Å². The van der Waals surface area contributed by atoms with Crippen LogP contribution in [-0.4, -0.2) is 34.1 Å². The van der Waals surface area contributed by atoms with Gasteiger partial charge in [-0.1, -0.05) is 0 Å². The summed E-state index contributed by atoms with van der Waals surface area (Å²) in [5.74, 6) is 0. The number of likely N-dealkylation sites (N-methyl/N-ethyl adjacent to an activating group) is 1. The number of aryl methyl sites for hydroxylation is 1. The minimum absolute atomic E-state index is 0.0312. The fourth-order valence-corrected chi connectivity index (χ4v) is 1.71. The molecule has 1 rings (SSSR count). The van der Waals surface area contributed by atoms with E-state index in [1.54, 1.807) is 7.05 Å². The van der Waals surface area contributed by atoms with Crippen LogP contribution in [0.25, 0.3) is 0 Å². The first-order valence-electron chi connectivity index (χ1n) is 6.21. The second-order valence-electron chi connectivity index (χ2n) is 4.89. The van der Waals surface area contributed by atoms with Crippen LogP contribution in [0.15, 0.2) is 12.3 Å². The number of nitrogens with zero attached hydrogens (tertiary/aromatic N) is 2. The average Bonchev–Trinajstić information content (AvgIpc) is 2.83. The number of unbranched alkanes of at least 4 members (excludes halogenated alkanes) is 1. The molecule has 110 valence electrons. The Bertz CT molecular complexity index is 386. The van der Waals surface area contributed by atoms with Crippen LogP contribution in [0, 0.1) is 0 Å². The van der Waals surface area contributed by atoms with Gasteiger partial charge in [-0.15, -0.1) is 0 Å². The molecule has 1 unspecified atom stereocenters. The summed E-state index contributed by atoms with van der Waals surface area (Å²) in [6.07, 6.45) is -0.762. The summed E-state index contributed by atoms with van der Waals surface area (Å²) in [6.45, 7) is 2.38. The van der Waals surface area contributed by atoms with Crippen molar-refractivity contribution in [1.82, 2.24) is 15.1 Å². The second kappa shape index (κ2) is 6.38. The summed E-state index contributed by atoms with van der Waals surface area (Å²) in [7, 11) is 1.78. The zero-order valence-electron chi connectivity index (χ0n) is 11.2. The molecule has 0 saturated carbocycles. The smallest absolute Gasteiger partial charge is 0.394 e. The van der Waals surface area contributed by atoms with Crippen molar-refractivity contribution in [2.45, 2.75) is 44.4 Å². The van der Waals surface area contributed by atoms with Crippen LogP contribution in [0.3, 0.4) is 0 Å². The number of nitrogens with one attached hydrogen (secondary N) is 1. The van der Waals surface area contributed by atoms with Crippen molar-refractivity contribution in [2.24, 2.45) is 0 Å². The Balaban J connectivity index is 2.36. The Morgan fingerprint density at radius 2 is 2.05 bits per heavy atom. The maximum Gasteiger partial charge on any atom is 0.435 e. The zero-order valence-corrected chi connectivity index (χ0v) is 11.2. The third-order valence-corrected chi connectivity index (χ3v) is 3.25. The van der Waals surface area contributed by atoms with Crippen LogP contribution in [0.2, 0.25) is 0 Å². The first kappa shape index (κ1) is 16.0. The average molecular weight is 279 g/mol. The highest BCUT2D eigenvalue weighted by molar-refractivity contribution is 5.03. The van der Waals surface area contributed by atoms with E-state index >= 15 is 0 Å². The van der Waals surface area contributed by atoms with Crippen molar-refractivity contribution >= 4 is 0 Å². The summed E-state index contributed by atoms with van der Waals surface area (Å²) >= 11 is 0. The lowest BCUT2D eigenvalue weighted by atomic mass is 9.96. The SMILES string of the molecule is CNC(C)(CO)CCCCn1ccc(C(F)(F)F)n1. The van der Waals surface area contributed by atoms with Gasteiger partial charge in [-0.05, 0) is 39.3 Å². The van der Waals surface area contributed by atoms with Gasteiger partial charge in [0.2, 0.25) is 0 Å². The largest absolute Gasteiger partial charge is 0.435 e. The van der Waals surface area contributed by atoms with E-state index in [4.69, 9.17) is 0 Å². The molecule has 1 aromatic heterocycles. The van der Waals surface area contributed by atoms with Gasteiger partial charge in [-0.25, -0.2) is 0 Å². The Hall–Kier alpha value is -1.08. The third kappa shape index (κ3) is 4.83. The van der Waals surface area contributed by atoms with Crippen molar-refractivity contribution in [1.29, 1.82) is 0 Å². The Labute approximate surface area is 110 Å². The molecule has 0 bridgehead atoms. The van der Waals surface area contributed by atoms with Gasteiger partial charge in [0.25, 0.3) is 0 Å². The van der Waals surface area contributed by atoms with Gasteiger partial charge in [0.15, 0.2) is 5.69 Å². The second-order valence-corrected chi connectivity index (χ2v) is 4.89. The molecule has 0 saturated heterocycles.